The number of benzene rings is 1. The molecule has 1 fully saturated rings. The summed E-state index contributed by atoms with van der Waals surface area (Å²) in [7, 11) is 0. The highest BCUT2D eigenvalue weighted by Crippen LogP contribution is 2.27. The van der Waals surface area contributed by atoms with Crippen LogP contribution in [0.4, 0.5) is 0 Å². The molecule has 0 saturated carbocycles. The van der Waals surface area contributed by atoms with E-state index in [2.05, 4.69) is 6.58 Å². The SMILES string of the molecule is C=C[C@H]1CCOC(=O)[C@@H]1Cc1ccccc1. The molecule has 84 valence electrons. The Morgan fingerprint density at radius 1 is 1.38 bits per heavy atom. The molecular weight excluding hydrogens is 200 g/mol. The van der Waals surface area contributed by atoms with Gasteiger partial charge in [0.25, 0.3) is 0 Å². The summed E-state index contributed by atoms with van der Waals surface area (Å²) in [4.78, 5) is 11.7. The maximum absolute atomic E-state index is 11.7. The van der Waals surface area contributed by atoms with E-state index in [1.807, 2.05) is 36.4 Å². The minimum Gasteiger partial charge on any atom is -0.465 e. The first-order chi connectivity index (χ1) is 7.81. The summed E-state index contributed by atoms with van der Waals surface area (Å²) in [5, 5.41) is 0. The van der Waals surface area contributed by atoms with Crippen LogP contribution in [-0.2, 0) is 16.0 Å². The van der Waals surface area contributed by atoms with Gasteiger partial charge in [-0.15, -0.1) is 6.58 Å². The molecule has 1 saturated heterocycles. The van der Waals surface area contributed by atoms with Crippen molar-refractivity contribution in [2.24, 2.45) is 11.8 Å². The van der Waals surface area contributed by atoms with Gasteiger partial charge >= 0.3 is 5.97 Å². The smallest absolute Gasteiger partial charge is 0.309 e. The number of carbonyl (C=O) groups is 1. The van der Waals surface area contributed by atoms with E-state index in [4.69, 9.17) is 4.74 Å². The van der Waals surface area contributed by atoms with Gasteiger partial charge in [0, 0.05) is 0 Å². The topological polar surface area (TPSA) is 26.3 Å². The summed E-state index contributed by atoms with van der Waals surface area (Å²) in [6, 6.07) is 10.1. The van der Waals surface area contributed by atoms with Gasteiger partial charge < -0.3 is 4.74 Å². The quantitative estimate of drug-likeness (QED) is 0.573. The lowest BCUT2D eigenvalue weighted by Gasteiger charge is -2.27. The van der Waals surface area contributed by atoms with Crippen molar-refractivity contribution in [2.75, 3.05) is 6.61 Å². The van der Waals surface area contributed by atoms with Gasteiger partial charge in [0.2, 0.25) is 0 Å². The molecule has 2 atom stereocenters. The maximum Gasteiger partial charge on any atom is 0.309 e. The van der Waals surface area contributed by atoms with Gasteiger partial charge in [-0.1, -0.05) is 36.4 Å². The van der Waals surface area contributed by atoms with Gasteiger partial charge in [0.05, 0.1) is 12.5 Å². The molecule has 0 spiro atoms. The number of cyclic esters (lactones) is 1. The van der Waals surface area contributed by atoms with Crippen molar-refractivity contribution in [3.63, 3.8) is 0 Å². The van der Waals surface area contributed by atoms with E-state index in [1.165, 1.54) is 5.56 Å². The number of hydrogen-bond acceptors (Lipinski definition) is 2. The van der Waals surface area contributed by atoms with Crippen LogP contribution in [0.1, 0.15) is 12.0 Å². The van der Waals surface area contributed by atoms with Crippen molar-refractivity contribution in [3.8, 4) is 0 Å². The molecule has 0 aliphatic carbocycles. The molecule has 1 aliphatic heterocycles. The molecule has 1 heterocycles. The number of carbonyl (C=O) groups excluding carboxylic acids is 1. The third kappa shape index (κ3) is 2.32. The summed E-state index contributed by atoms with van der Waals surface area (Å²) < 4.78 is 5.11. The molecule has 1 aromatic carbocycles. The van der Waals surface area contributed by atoms with Crippen molar-refractivity contribution in [2.45, 2.75) is 12.8 Å². The zero-order valence-electron chi connectivity index (χ0n) is 9.26. The predicted octanol–water partition coefficient (Wildman–Crippen LogP) is 2.59. The fraction of sp³-hybridized carbons (Fsp3) is 0.357. The van der Waals surface area contributed by atoms with Crippen LogP contribution >= 0.6 is 0 Å². The molecule has 2 nitrogen and oxygen atoms in total. The van der Waals surface area contributed by atoms with Crippen LogP contribution in [0.5, 0.6) is 0 Å². The molecule has 0 N–H and O–H groups in total. The molecule has 0 amide bonds. The van der Waals surface area contributed by atoms with Crippen LogP contribution in [0.25, 0.3) is 0 Å². The number of allylic oxidation sites excluding steroid dienone is 1. The maximum atomic E-state index is 11.7. The average Bonchev–Trinajstić information content (AvgIpc) is 2.33. The molecule has 2 heteroatoms. The zero-order chi connectivity index (χ0) is 11.4. The van der Waals surface area contributed by atoms with Crippen LogP contribution < -0.4 is 0 Å². The van der Waals surface area contributed by atoms with E-state index in [1.54, 1.807) is 0 Å². The monoisotopic (exact) mass is 216 g/mol. The van der Waals surface area contributed by atoms with E-state index in [-0.39, 0.29) is 17.8 Å². The van der Waals surface area contributed by atoms with E-state index in [9.17, 15) is 4.79 Å². The van der Waals surface area contributed by atoms with Crippen LogP contribution in [0.3, 0.4) is 0 Å². The van der Waals surface area contributed by atoms with E-state index < -0.39 is 0 Å². The minimum absolute atomic E-state index is 0.0614. The Bertz CT molecular complexity index is 370. The Hall–Kier alpha value is -1.57. The molecule has 1 aromatic rings. The van der Waals surface area contributed by atoms with Crippen LogP contribution in [0, 0.1) is 11.8 Å². The molecule has 0 radical (unpaired) electrons. The third-order valence-electron chi connectivity index (χ3n) is 3.12. The highest BCUT2D eigenvalue weighted by atomic mass is 16.5. The summed E-state index contributed by atoms with van der Waals surface area (Å²) in [5.74, 6) is 0.107. The second kappa shape index (κ2) is 4.97. The van der Waals surface area contributed by atoms with Gasteiger partial charge in [0.1, 0.15) is 0 Å². The van der Waals surface area contributed by atoms with Gasteiger partial charge in [-0.2, -0.15) is 0 Å². The molecule has 1 aliphatic rings. The van der Waals surface area contributed by atoms with E-state index in [0.29, 0.717) is 6.61 Å². The van der Waals surface area contributed by atoms with Crippen molar-refractivity contribution in [1.82, 2.24) is 0 Å². The van der Waals surface area contributed by atoms with E-state index >= 15 is 0 Å². The van der Waals surface area contributed by atoms with Gasteiger partial charge in [-0.3, -0.25) is 4.79 Å². The van der Waals surface area contributed by atoms with Crippen molar-refractivity contribution in [3.05, 3.63) is 48.6 Å². The van der Waals surface area contributed by atoms with Crippen molar-refractivity contribution >= 4 is 5.97 Å². The molecule has 2 rings (SSSR count). The zero-order valence-corrected chi connectivity index (χ0v) is 9.26. The fourth-order valence-electron chi connectivity index (χ4n) is 2.16. The van der Waals surface area contributed by atoms with Crippen LogP contribution in [-0.4, -0.2) is 12.6 Å². The second-order valence-electron chi connectivity index (χ2n) is 4.15. The third-order valence-corrected chi connectivity index (χ3v) is 3.12. The minimum atomic E-state index is -0.0833. The number of hydrogen-bond donors (Lipinski definition) is 0. The highest BCUT2D eigenvalue weighted by Gasteiger charge is 2.31. The first kappa shape index (κ1) is 10.9. The van der Waals surface area contributed by atoms with Gasteiger partial charge in [-0.25, -0.2) is 0 Å². The summed E-state index contributed by atoms with van der Waals surface area (Å²) in [5.41, 5.74) is 1.18. The van der Waals surface area contributed by atoms with Crippen LogP contribution in [0.2, 0.25) is 0 Å². The second-order valence-corrected chi connectivity index (χ2v) is 4.15. The summed E-state index contributed by atoms with van der Waals surface area (Å²) in [6.45, 7) is 4.33. The normalized spacial score (nSPS) is 24.9. The Morgan fingerprint density at radius 2 is 2.12 bits per heavy atom. The predicted molar refractivity (Wildman–Crippen MR) is 62.9 cm³/mol. The van der Waals surface area contributed by atoms with Gasteiger partial charge in [0.15, 0.2) is 0 Å². The summed E-state index contributed by atoms with van der Waals surface area (Å²) in [6.07, 6.45) is 3.52. The number of esters is 1. The number of rotatable bonds is 3. The highest BCUT2D eigenvalue weighted by molar-refractivity contribution is 5.74. The fourth-order valence-corrected chi connectivity index (χ4v) is 2.16. The standard InChI is InChI=1S/C14H16O2/c1-2-12-8-9-16-14(15)13(12)10-11-6-4-3-5-7-11/h2-7,12-13H,1,8-10H2/t12-,13+/m0/s1. The Labute approximate surface area is 95.9 Å². The molecule has 16 heavy (non-hydrogen) atoms. The largest absolute Gasteiger partial charge is 0.465 e. The Kier molecular flexibility index (Phi) is 3.40. The Morgan fingerprint density at radius 3 is 2.81 bits per heavy atom. The lowest BCUT2D eigenvalue weighted by molar-refractivity contribution is -0.155. The van der Waals surface area contributed by atoms with Gasteiger partial charge in [-0.05, 0) is 24.3 Å². The number of ether oxygens (including phenoxy) is 1. The summed E-state index contributed by atoms with van der Waals surface area (Å²) >= 11 is 0. The average molecular weight is 216 g/mol. The molecule has 0 bridgehead atoms. The van der Waals surface area contributed by atoms with Crippen molar-refractivity contribution in [1.29, 1.82) is 0 Å². The lowest BCUT2D eigenvalue weighted by Crippen LogP contribution is -2.32. The molecule has 0 aromatic heterocycles. The molecular formula is C14H16O2. The first-order valence-corrected chi connectivity index (χ1v) is 5.64. The van der Waals surface area contributed by atoms with E-state index in [0.717, 1.165) is 12.8 Å². The van der Waals surface area contributed by atoms with Crippen molar-refractivity contribution < 1.29 is 9.53 Å². The first-order valence-electron chi connectivity index (χ1n) is 5.64. The van der Waals surface area contributed by atoms with Crippen LogP contribution in [0.15, 0.2) is 43.0 Å². The lowest BCUT2D eigenvalue weighted by atomic mass is 9.83. The Balaban J connectivity index is 2.11. The molecule has 0 unspecified atom stereocenters.